The summed E-state index contributed by atoms with van der Waals surface area (Å²) in [5.74, 6) is 0.666. The molecule has 1 heterocycles. The van der Waals surface area contributed by atoms with Crippen molar-refractivity contribution < 1.29 is 0 Å². The van der Waals surface area contributed by atoms with E-state index in [9.17, 15) is 0 Å². The quantitative estimate of drug-likeness (QED) is 0.918. The molecule has 0 radical (unpaired) electrons. The highest BCUT2D eigenvalue weighted by Gasteiger charge is 2.22. The zero-order chi connectivity index (χ0) is 12.3. The van der Waals surface area contributed by atoms with Crippen molar-refractivity contribution in [2.45, 2.75) is 32.4 Å². The Kier molecular flexibility index (Phi) is 6.64. The minimum Gasteiger partial charge on any atom is -0.328 e. The van der Waals surface area contributed by atoms with Crippen LogP contribution < -0.4 is 5.73 Å². The summed E-state index contributed by atoms with van der Waals surface area (Å²) in [5.41, 5.74) is 7.40. The highest BCUT2D eigenvalue weighted by atomic mass is 79.9. The van der Waals surface area contributed by atoms with E-state index in [0.29, 0.717) is 12.0 Å². The van der Waals surface area contributed by atoms with Crippen LogP contribution in [0.15, 0.2) is 28.7 Å². The second kappa shape index (κ2) is 7.49. The summed E-state index contributed by atoms with van der Waals surface area (Å²) < 4.78 is 1.15. The highest BCUT2D eigenvalue weighted by molar-refractivity contribution is 9.10. The van der Waals surface area contributed by atoms with Gasteiger partial charge in [-0.15, -0.1) is 12.4 Å². The lowest BCUT2D eigenvalue weighted by atomic mass is 9.92. The third kappa shape index (κ3) is 4.54. The lowest BCUT2D eigenvalue weighted by Crippen LogP contribution is -2.41. The lowest BCUT2D eigenvalue weighted by Gasteiger charge is -2.34. The van der Waals surface area contributed by atoms with Crippen LogP contribution in [0, 0.1) is 5.92 Å². The number of likely N-dealkylation sites (tertiary alicyclic amines) is 1. The Morgan fingerprint density at radius 2 is 2.06 bits per heavy atom. The Balaban J connectivity index is 0.00000162. The average Bonchev–Trinajstić information content (AvgIpc) is 2.32. The van der Waals surface area contributed by atoms with E-state index in [1.54, 1.807) is 0 Å². The van der Waals surface area contributed by atoms with E-state index in [-0.39, 0.29) is 12.4 Å². The maximum atomic E-state index is 6.01. The Bertz CT molecular complexity index is 353. The van der Waals surface area contributed by atoms with Gasteiger partial charge in [0.25, 0.3) is 0 Å². The van der Waals surface area contributed by atoms with Crippen molar-refractivity contribution in [2.75, 3.05) is 13.1 Å². The first kappa shape index (κ1) is 16.0. The first-order chi connectivity index (χ1) is 8.15. The molecule has 2 N–H and O–H groups in total. The van der Waals surface area contributed by atoms with Crippen LogP contribution in [0.3, 0.4) is 0 Å². The maximum absolute atomic E-state index is 6.01. The molecule has 1 aromatic rings. The minimum absolute atomic E-state index is 0. The molecule has 1 saturated heterocycles. The monoisotopic (exact) mass is 332 g/mol. The van der Waals surface area contributed by atoms with Crippen LogP contribution in [-0.4, -0.2) is 24.0 Å². The Labute approximate surface area is 124 Å². The van der Waals surface area contributed by atoms with Crippen LogP contribution in [0.1, 0.15) is 25.3 Å². The number of hydrogen-bond acceptors (Lipinski definition) is 2. The molecule has 2 atom stereocenters. The van der Waals surface area contributed by atoms with Gasteiger partial charge < -0.3 is 5.73 Å². The fourth-order valence-electron chi connectivity index (χ4n) is 2.51. The first-order valence-corrected chi connectivity index (χ1v) is 7.17. The average molecular weight is 334 g/mol. The van der Waals surface area contributed by atoms with Gasteiger partial charge in [-0.3, -0.25) is 4.90 Å². The van der Waals surface area contributed by atoms with E-state index in [0.717, 1.165) is 17.6 Å². The third-order valence-corrected chi connectivity index (χ3v) is 4.13. The summed E-state index contributed by atoms with van der Waals surface area (Å²) in [4.78, 5) is 2.53. The van der Waals surface area contributed by atoms with E-state index in [4.69, 9.17) is 5.73 Å². The molecule has 1 aliphatic heterocycles. The molecule has 102 valence electrons. The maximum Gasteiger partial charge on any atom is 0.0233 e. The normalized spacial score (nSPS) is 22.3. The highest BCUT2D eigenvalue weighted by Crippen LogP contribution is 2.21. The molecule has 1 aliphatic rings. The summed E-state index contributed by atoms with van der Waals surface area (Å²) in [6, 6.07) is 8.94. The topological polar surface area (TPSA) is 29.3 Å². The van der Waals surface area contributed by atoms with E-state index >= 15 is 0 Å². The summed E-state index contributed by atoms with van der Waals surface area (Å²) in [6.45, 7) is 5.54. The second-order valence-electron chi connectivity index (χ2n) is 5.12. The molecule has 1 aromatic carbocycles. The summed E-state index contributed by atoms with van der Waals surface area (Å²) in [7, 11) is 0. The van der Waals surface area contributed by atoms with Gasteiger partial charge in [0, 0.05) is 23.6 Å². The van der Waals surface area contributed by atoms with Crippen molar-refractivity contribution in [2.24, 2.45) is 11.7 Å². The molecule has 0 aliphatic carbocycles. The van der Waals surface area contributed by atoms with Crippen LogP contribution in [0.4, 0.5) is 0 Å². The molecule has 0 aromatic heterocycles. The van der Waals surface area contributed by atoms with E-state index in [1.807, 2.05) is 0 Å². The number of piperidine rings is 1. The molecule has 0 saturated carbocycles. The molecule has 0 spiro atoms. The van der Waals surface area contributed by atoms with Gasteiger partial charge in [0.1, 0.15) is 0 Å². The molecular weight excluding hydrogens is 312 g/mol. The van der Waals surface area contributed by atoms with Gasteiger partial charge in [0.05, 0.1) is 0 Å². The summed E-state index contributed by atoms with van der Waals surface area (Å²) >= 11 is 3.47. The number of nitrogens with two attached hydrogens (primary N) is 1. The molecule has 18 heavy (non-hydrogen) atoms. The molecule has 0 bridgehead atoms. The standard InChI is InChI=1S/C14H21BrN2.ClH/c1-11(16)13-3-2-8-17(10-13)9-12-4-6-14(15)7-5-12;/h4-7,11,13H,2-3,8-10,16H2,1H3;1H. The van der Waals surface area contributed by atoms with Gasteiger partial charge in [0.15, 0.2) is 0 Å². The Morgan fingerprint density at radius 1 is 1.39 bits per heavy atom. The van der Waals surface area contributed by atoms with Crippen LogP contribution in [0.25, 0.3) is 0 Å². The number of nitrogens with zero attached hydrogens (tertiary/aromatic N) is 1. The van der Waals surface area contributed by atoms with Crippen molar-refractivity contribution in [1.29, 1.82) is 0 Å². The smallest absolute Gasteiger partial charge is 0.0233 e. The molecule has 0 amide bonds. The fraction of sp³-hybridized carbons (Fsp3) is 0.571. The van der Waals surface area contributed by atoms with Gasteiger partial charge in [0.2, 0.25) is 0 Å². The molecule has 4 heteroatoms. The fourth-order valence-corrected chi connectivity index (χ4v) is 2.78. The van der Waals surface area contributed by atoms with Crippen molar-refractivity contribution in [3.8, 4) is 0 Å². The lowest BCUT2D eigenvalue weighted by molar-refractivity contribution is 0.154. The largest absolute Gasteiger partial charge is 0.328 e. The van der Waals surface area contributed by atoms with Crippen LogP contribution in [-0.2, 0) is 6.54 Å². The van der Waals surface area contributed by atoms with Crippen LogP contribution in [0.2, 0.25) is 0 Å². The third-order valence-electron chi connectivity index (χ3n) is 3.60. The molecule has 2 nitrogen and oxygen atoms in total. The van der Waals surface area contributed by atoms with E-state index in [1.165, 1.54) is 24.9 Å². The van der Waals surface area contributed by atoms with Crippen LogP contribution in [0.5, 0.6) is 0 Å². The Morgan fingerprint density at radius 3 is 2.67 bits per heavy atom. The Hall–Kier alpha value is -0.0900. The zero-order valence-electron chi connectivity index (χ0n) is 10.8. The molecular formula is C14H22BrClN2. The number of halogens is 2. The van der Waals surface area contributed by atoms with Crippen molar-refractivity contribution >= 4 is 28.3 Å². The van der Waals surface area contributed by atoms with Gasteiger partial charge in [-0.1, -0.05) is 28.1 Å². The SMILES string of the molecule is CC(N)C1CCCN(Cc2ccc(Br)cc2)C1.Cl. The first-order valence-electron chi connectivity index (χ1n) is 6.37. The van der Waals surface area contributed by atoms with Crippen molar-refractivity contribution in [3.05, 3.63) is 34.3 Å². The number of rotatable bonds is 3. The van der Waals surface area contributed by atoms with E-state index < -0.39 is 0 Å². The summed E-state index contributed by atoms with van der Waals surface area (Å²) in [6.07, 6.45) is 2.57. The van der Waals surface area contributed by atoms with Crippen molar-refractivity contribution in [3.63, 3.8) is 0 Å². The predicted octanol–water partition coefficient (Wildman–Crippen LogP) is 3.43. The molecule has 2 unspecified atom stereocenters. The zero-order valence-corrected chi connectivity index (χ0v) is 13.2. The number of benzene rings is 1. The predicted molar refractivity (Wildman–Crippen MR) is 83.0 cm³/mol. The van der Waals surface area contributed by atoms with Gasteiger partial charge in [-0.05, 0) is 49.9 Å². The van der Waals surface area contributed by atoms with Gasteiger partial charge >= 0.3 is 0 Å². The van der Waals surface area contributed by atoms with Crippen LogP contribution >= 0.6 is 28.3 Å². The van der Waals surface area contributed by atoms with Gasteiger partial charge in [-0.25, -0.2) is 0 Å². The molecule has 2 rings (SSSR count). The molecule has 1 fully saturated rings. The van der Waals surface area contributed by atoms with E-state index in [2.05, 4.69) is 52.0 Å². The minimum atomic E-state index is 0. The number of hydrogen-bond donors (Lipinski definition) is 1. The van der Waals surface area contributed by atoms with Crippen molar-refractivity contribution in [1.82, 2.24) is 4.90 Å². The second-order valence-corrected chi connectivity index (χ2v) is 6.04. The van der Waals surface area contributed by atoms with Gasteiger partial charge in [-0.2, -0.15) is 0 Å². The summed E-state index contributed by atoms with van der Waals surface area (Å²) in [5, 5.41) is 0.